The Kier molecular flexibility index (Phi) is 14.3. The minimum absolute atomic E-state index is 0.00610. The molecule has 1 aliphatic carbocycles. The molecule has 6 aliphatic rings. The van der Waals surface area contributed by atoms with Crippen LogP contribution in [0.3, 0.4) is 0 Å². The number of carbonyl (C=O) groups is 1. The number of hydrogen-bond acceptors (Lipinski definition) is 11. The van der Waals surface area contributed by atoms with Crippen LogP contribution in [0.4, 0.5) is 31.8 Å². The van der Waals surface area contributed by atoms with Crippen LogP contribution in [0.1, 0.15) is 112 Å². The number of benzene rings is 2. The molecule has 2 aromatic carbocycles. The van der Waals surface area contributed by atoms with E-state index in [4.69, 9.17) is 21.6 Å². The molecule has 0 bridgehead atoms. The predicted octanol–water partition coefficient (Wildman–Crippen LogP) is 9.66. The van der Waals surface area contributed by atoms with Gasteiger partial charge in [0.05, 0.1) is 23.3 Å². The van der Waals surface area contributed by atoms with Gasteiger partial charge in [-0.25, -0.2) is 8.78 Å². The minimum atomic E-state index is -2.61. The highest BCUT2D eigenvalue weighted by Crippen LogP contribution is 2.44. The fourth-order valence-corrected chi connectivity index (χ4v) is 12.1. The lowest BCUT2D eigenvalue weighted by Crippen LogP contribution is -2.42. The first kappa shape index (κ1) is 47.9. The zero-order valence-electron chi connectivity index (χ0n) is 40.6. The van der Waals surface area contributed by atoms with Gasteiger partial charge in [-0.05, 0) is 117 Å². The van der Waals surface area contributed by atoms with Gasteiger partial charge in [-0.15, -0.1) is 10.2 Å². The van der Waals surface area contributed by atoms with Crippen LogP contribution in [0, 0.1) is 22.7 Å². The van der Waals surface area contributed by atoms with Crippen LogP contribution in [-0.2, 0) is 31.2 Å². The normalized spacial score (nSPS) is 19.7. The Morgan fingerprint density at radius 3 is 2.40 bits per heavy atom. The lowest BCUT2D eigenvalue weighted by Gasteiger charge is -2.39. The zero-order chi connectivity index (χ0) is 48.4. The van der Waals surface area contributed by atoms with Gasteiger partial charge in [0.1, 0.15) is 12.2 Å². The molecule has 0 radical (unpaired) electrons. The third-order valence-electron chi connectivity index (χ3n) is 15.9. The van der Waals surface area contributed by atoms with Crippen molar-refractivity contribution >= 4 is 40.5 Å². The second-order valence-electron chi connectivity index (χ2n) is 20.5. The summed E-state index contributed by atoms with van der Waals surface area (Å²) in [5.74, 6) is 3.28. The number of amides is 1. The van der Waals surface area contributed by atoms with Crippen molar-refractivity contribution in [3.05, 3.63) is 87.8 Å². The van der Waals surface area contributed by atoms with E-state index in [1.807, 2.05) is 35.2 Å². The Bertz CT molecular complexity index is 2660. The number of nitrogens with one attached hydrogen (secondary N) is 1. The zero-order valence-corrected chi connectivity index (χ0v) is 41.3. The smallest absolute Gasteiger partial charge is 0.264 e. The highest BCUT2D eigenvalue weighted by molar-refractivity contribution is 6.32. The van der Waals surface area contributed by atoms with E-state index < -0.39 is 6.43 Å². The fourth-order valence-electron chi connectivity index (χ4n) is 11.9. The summed E-state index contributed by atoms with van der Waals surface area (Å²) in [6, 6.07) is 15.5. The van der Waals surface area contributed by atoms with Gasteiger partial charge in [0.25, 0.3) is 6.43 Å². The second kappa shape index (κ2) is 20.9. The number of rotatable bonds is 9. The summed E-state index contributed by atoms with van der Waals surface area (Å²) >= 11 is 6.30. The van der Waals surface area contributed by atoms with Crippen LogP contribution in [0.15, 0.2) is 54.9 Å². The predicted molar refractivity (Wildman–Crippen MR) is 268 cm³/mol. The number of H-pyrrole nitrogens is 1. The van der Waals surface area contributed by atoms with Crippen molar-refractivity contribution in [1.29, 1.82) is 5.26 Å². The topological polar surface area (TPSA) is 139 Å². The molecule has 0 atom stereocenters. The van der Waals surface area contributed by atoms with Crippen molar-refractivity contribution in [2.75, 3.05) is 73.6 Å². The maximum Gasteiger partial charge on any atom is 0.264 e. The van der Waals surface area contributed by atoms with E-state index in [-0.39, 0.29) is 17.6 Å². The summed E-state index contributed by atoms with van der Waals surface area (Å²) in [6.45, 7) is 11.0. The van der Waals surface area contributed by atoms with Crippen LogP contribution < -0.4 is 19.4 Å². The number of halogens is 3. The number of aryl methyl sites for hydroxylation is 2. The molecule has 17 heteroatoms. The molecule has 4 fully saturated rings. The molecular formula is C53H65ClF2N12O2. The molecule has 1 spiro atoms. The molecule has 5 aromatic rings. The van der Waals surface area contributed by atoms with Gasteiger partial charge in [0.15, 0.2) is 11.6 Å². The molecule has 1 amide bonds. The van der Waals surface area contributed by atoms with Crippen LogP contribution in [0.25, 0.3) is 11.1 Å². The first-order valence-electron chi connectivity index (χ1n) is 25.5. The first-order chi connectivity index (χ1) is 34.0. The summed E-state index contributed by atoms with van der Waals surface area (Å²) in [6.07, 6.45) is 16.2. The number of alkyl halides is 2. The molecule has 3 saturated heterocycles. The fraction of sp³-hybridized carbons (Fsp3) is 0.547. The van der Waals surface area contributed by atoms with E-state index in [0.29, 0.717) is 59.1 Å². The average Bonchev–Trinajstić information content (AvgIpc) is 4.13. The van der Waals surface area contributed by atoms with Crippen LogP contribution in [-0.4, -0.2) is 111 Å². The average molecular weight is 976 g/mol. The van der Waals surface area contributed by atoms with Gasteiger partial charge < -0.3 is 29.2 Å². The van der Waals surface area contributed by atoms with Crippen molar-refractivity contribution in [2.24, 2.45) is 18.4 Å². The van der Waals surface area contributed by atoms with Gasteiger partial charge in [-0.1, -0.05) is 30.9 Å². The number of carbonyl (C=O) groups excluding carboxylic acids is 1. The monoisotopic (exact) mass is 975 g/mol. The van der Waals surface area contributed by atoms with Gasteiger partial charge >= 0.3 is 0 Å². The maximum atomic E-state index is 14.1. The van der Waals surface area contributed by atoms with E-state index in [0.717, 1.165) is 124 Å². The summed E-state index contributed by atoms with van der Waals surface area (Å²) in [7, 11) is 1.77. The number of aromatic amines is 1. The maximum absolute atomic E-state index is 14.1. The number of piperidine rings is 2. The summed E-state index contributed by atoms with van der Waals surface area (Å²) < 4.78 is 36.0. The van der Waals surface area contributed by atoms with Gasteiger partial charge in [-0.3, -0.25) is 14.6 Å². The molecule has 1 N–H and O–H groups in total. The number of anilines is 4. The van der Waals surface area contributed by atoms with Crippen molar-refractivity contribution in [2.45, 2.75) is 109 Å². The molecular weight excluding hydrogens is 910 g/mol. The van der Waals surface area contributed by atoms with Crippen LogP contribution in [0.2, 0.25) is 5.02 Å². The molecule has 3 aromatic heterocycles. The first-order valence-corrected chi connectivity index (χ1v) is 25.8. The Balaban J connectivity index is 0.000000166. The number of ether oxygens (including phenoxy) is 1. The second-order valence-corrected chi connectivity index (χ2v) is 20.9. The third kappa shape index (κ3) is 10.5. The lowest BCUT2D eigenvalue weighted by molar-refractivity contribution is -0.129. The Morgan fingerprint density at radius 1 is 0.929 bits per heavy atom. The van der Waals surface area contributed by atoms with Crippen LogP contribution >= 0.6 is 11.6 Å². The number of nitrogens with zero attached hydrogens (tertiary/aromatic N) is 11. The van der Waals surface area contributed by atoms with Gasteiger partial charge in [0.2, 0.25) is 11.8 Å². The number of hydrogen-bond donors (Lipinski definition) is 1. The number of fused-ring (bicyclic) bond motifs is 2. The quantitative estimate of drug-likeness (QED) is 0.151. The van der Waals surface area contributed by atoms with Crippen LogP contribution in [0.5, 0.6) is 5.88 Å². The van der Waals surface area contributed by atoms with E-state index in [9.17, 15) is 13.6 Å². The molecule has 8 heterocycles. The summed E-state index contributed by atoms with van der Waals surface area (Å²) in [4.78, 5) is 23.2. The number of nitriles is 1. The number of likely N-dealkylation sites (tertiary alicyclic amines) is 1. The Hall–Kier alpha value is -5.79. The van der Waals surface area contributed by atoms with E-state index >= 15 is 0 Å². The summed E-state index contributed by atoms with van der Waals surface area (Å²) in [5.41, 5.74) is 6.97. The summed E-state index contributed by atoms with van der Waals surface area (Å²) in [5, 5.41) is 30.5. The largest absolute Gasteiger partial charge is 0.473 e. The molecule has 1 saturated carbocycles. The van der Waals surface area contributed by atoms with Crippen molar-refractivity contribution in [3.8, 4) is 23.1 Å². The Labute approximate surface area is 414 Å². The molecule has 5 aliphatic heterocycles. The highest BCUT2D eigenvalue weighted by Gasteiger charge is 2.41. The van der Waals surface area contributed by atoms with Crippen molar-refractivity contribution < 1.29 is 18.3 Å². The molecule has 70 heavy (non-hydrogen) atoms. The van der Waals surface area contributed by atoms with Gasteiger partial charge in [0, 0.05) is 125 Å². The van der Waals surface area contributed by atoms with E-state index in [2.05, 4.69) is 52.3 Å². The third-order valence-corrected chi connectivity index (χ3v) is 16.3. The van der Waals surface area contributed by atoms with Crippen molar-refractivity contribution in [1.82, 2.24) is 40.0 Å². The van der Waals surface area contributed by atoms with Gasteiger partial charge in [-0.2, -0.15) is 15.5 Å². The standard InChI is InChI=1S/C31H41ClN6O.C22H24F2N6O/c32-28-20-26(7-6-25(28)21-33)38-19-14-31(23-38)12-17-37(18-13-31)29-8-9-30(35-34-29)39-27-10-15-36(16-11-27)22-24-4-2-1-3-5-24;1-13(31)29-7-5-19-18(12-29)22(27-26-19)30-6-3-4-14-8-16(15-10-25-28(2)11-15)17(21(23)24)9-20(14)30/h6-9,20,24,27H,1-5,10-19,22-23H2;8-11,21H,3-7,12H2,1-2H3,(H,26,27). The highest BCUT2D eigenvalue weighted by atomic mass is 35.5. The lowest BCUT2D eigenvalue weighted by atomic mass is 9.78. The molecule has 370 valence electrons. The molecule has 11 rings (SSSR count). The molecule has 0 unspecified atom stereocenters. The minimum Gasteiger partial charge on any atom is -0.473 e. The van der Waals surface area contributed by atoms with E-state index in [1.54, 1.807) is 42.0 Å². The van der Waals surface area contributed by atoms with E-state index in [1.165, 1.54) is 45.1 Å². The molecule has 14 nitrogen and oxygen atoms in total. The number of aromatic nitrogens is 6. The van der Waals surface area contributed by atoms with Crippen molar-refractivity contribution in [3.63, 3.8) is 0 Å². The SMILES string of the molecule is CC(=O)N1CCc2[nH]nc(N3CCCc4cc(-c5cnn(C)c5)c(C(F)F)cc43)c2C1.N#Cc1ccc(N2CCC3(CCN(c4ccc(OC5CCN(CC6CCCCC6)CC5)nn4)CC3)C2)cc1Cl. The Morgan fingerprint density at radius 2 is 1.71 bits per heavy atom.